The molecule has 0 unspecified atom stereocenters. The van der Waals surface area contributed by atoms with E-state index in [1.54, 1.807) is 16.8 Å². The standard InChI is InChI=1S/C21H33N3O3/c1-15(2)17-7-6-8-18(16(3)4)21(17)22-19(25)13-23(5)14-20(26)24-9-11-27-12-10-24/h6-8,15-16H,9-14H2,1-5H3,(H,22,25). The van der Waals surface area contributed by atoms with E-state index in [9.17, 15) is 9.59 Å². The van der Waals surface area contributed by atoms with Crippen LogP contribution in [-0.4, -0.2) is 68.1 Å². The van der Waals surface area contributed by atoms with Crippen molar-refractivity contribution >= 4 is 17.5 Å². The summed E-state index contributed by atoms with van der Waals surface area (Å²) in [6, 6.07) is 6.18. The fraction of sp³-hybridized carbons (Fsp3) is 0.619. The second-order valence-corrected chi connectivity index (χ2v) is 7.83. The van der Waals surface area contributed by atoms with Crippen molar-refractivity contribution in [2.45, 2.75) is 39.5 Å². The van der Waals surface area contributed by atoms with Crippen LogP contribution in [0.3, 0.4) is 0 Å². The number of anilines is 1. The van der Waals surface area contributed by atoms with Gasteiger partial charge in [0.15, 0.2) is 0 Å². The SMILES string of the molecule is CC(C)c1cccc(C(C)C)c1NC(=O)CN(C)CC(=O)N1CCOCC1. The van der Waals surface area contributed by atoms with Crippen LogP contribution >= 0.6 is 0 Å². The molecule has 1 fully saturated rings. The Bertz CT molecular complexity index is 626. The van der Waals surface area contributed by atoms with E-state index in [1.807, 2.05) is 6.07 Å². The van der Waals surface area contributed by atoms with Gasteiger partial charge in [0.05, 0.1) is 26.3 Å². The Morgan fingerprint density at radius 1 is 1.07 bits per heavy atom. The van der Waals surface area contributed by atoms with Crippen molar-refractivity contribution < 1.29 is 14.3 Å². The summed E-state index contributed by atoms with van der Waals surface area (Å²) in [7, 11) is 1.80. The Kier molecular flexibility index (Phi) is 7.80. The van der Waals surface area contributed by atoms with E-state index in [0.29, 0.717) is 38.1 Å². The molecule has 0 bridgehead atoms. The molecule has 1 aliphatic heterocycles. The maximum absolute atomic E-state index is 12.6. The van der Waals surface area contributed by atoms with Crippen molar-refractivity contribution in [3.8, 4) is 0 Å². The van der Waals surface area contributed by atoms with Crippen LogP contribution in [0.15, 0.2) is 18.2 Å². The molecule has 150 valence electrons. The fourth-order valence-electron chi connectivity index (χ4n) is 3.32. The molecule has 1 heterocycles. The highest BCUT2D eigenvalue weighted by molar-refractivity contribution is 5.94. The summed E-state index contributed by atoms with van der Waals surface area (Å²) in [5.41, 5.74) is 3.20. The Labute approximate surface area is 162 Å². The lowest BCUT2D eigenvalue weighted by atomic mass is 9.92. The Hall–Kier alpha value is -1.92. The third-order valence-corrected chi connectivity index (χ3v) is 4.82. The van der Waals surface area contributed by atoms with Gasteiger partial charge < -0.3 is 15.0 Å². The van der Waals surface area contributed by atoms with Gasteiger partial charge >= 0.3 is 0 Å². The van der Waals surface area contributed by atoms with Gasteiger partial charge in [-0.3, -0.25) is 14.5 Å². The minimum Gasteiger partial charge on any atom is -0.378 e. The van der Waals surface area contributed by atoms with Gasteiger partial charge in [-0.1, -0.05) is 45.9 Å². The number of nitrogens with zero attached hydrogens (tertiary/aromatic N) is 2. The first-order valence-corrected chi connectivity index (χ1v) is 9.76. The zero-order valence-electron chi connectivity index (χ0n) is 17.2. The first kappa shape index (κ1) is 21.4. The van der Waals surface area contributed by atoms with Crippen LogP contribution in [0.5, 0.6) is 0 Å². The van der Waals surface area contributed by atoms with Crippen molar-refractivity contribution in [3.63, 3.8) is 0 Å². The molecule has 0 aliphatic carbocycles. The molecule has 0 saturated carbocycles. The normalized spacial score (nSPS) is 14.9. The molecule has 2 amide bonds. The molecule has 1 N–H and O–H groups in total. The van der Waals surface area contributed by atoms with Crippen LogP contribution < -0.4 is 5.32 Å². The van der Waals surface area contributed by atoms with Crippen LogP contribution in [0, 0.1) is 0 Å². The molecular formula is C21H33N3O3. The molecule has 1 aromatic carbocycles. The predicted octanol–water partition coefficient (Wildman–Crippen LogP) is 2.66. The Balaban J connectivity index is 1.99. The molecule has 0 aromatic heterocycles. The number of carbonyl (C=O) groups is 2. The van der Waals surface area contributed by atoms with E-state index in [1.165, 1.54) is 0 Å². The number of para-hydroxylation sites is 1. The zero-order chi connectivity index (χ0) is 20.0. The minimum atomic E-state index is -0.0951. The van der Waals surface area contributed by atoms with Crippen molar-refractivity contribution in [2.24, 2.45) is 0 Å². The van der Waals surface area contributed by atoms with Gasteiger partial charge in [-0.25, -0.2) is 0 Å². The number of rotatable bonds is 7. The highest BCUT2D eigenvalue weighted by Crippen LogP contribution is 2.32. The van der Waals surface area contributed by atoms with Crippen molar-refractivity contribution in [1.82, 2.24) is 9.80 Å². The summed E-state index contributed by atoms with van der Waals surface area (Å²) in [5, 5.41) is 3.10. The van der Waals surface area contributed by atoms with E-state index >= 15 is 0 Å². The molecule has 0 spiro atoms. The summed E-state index contributed by atoms with van der Waals surface area (Å²) in [6.45, 7) is 11.3. The minimum absolute atomic E-state index is 0.0408. The van der Waals surface area contributed by atoms with Crippen LogP contribution in [0.4, 0.5) is 5.69 Å². The molecular weight excluding hydrogens is 342 g/mol. The molecule has 2 rings (SSSR count). The first-order valence-electron chi connectivity index (χ1n) is 9.76. The van der Waals surface area contributed by atoms with E-state index in [2.05, 4.69) is 45.1 Å². The second-order valence-electron chi connectivity index (χ2n) is 7.83. The first-order chi connectivity index (χ1) is 12.8. The second kappa shape index (κ2) is 9.85. The average molecular weight is 376 g/mol. The Morgan fingerprint density at radius 3 is 2.15 bits per heavy atom. The summed E-state index contributed by atoms with van der Waals surface area (Å²) in [6.07, 6.45) is 0. The van der Waals surface area contributed by atoms with Gasteiger partial charge in [0, 0.05) is 18.8 Å². The number of hydrogen-bond donors (Lipinski definition) is 1. The molecule has 6 heteroatoms. The van der Waals surface area contributed by atoms with Crippen LogP contribution in [-0.2, 0) is 14.3 Å². The van der Waals surface area contributed by atoms with Crippen LogP contribution in [0.25, 0.3) is 0 Å². The van der Waals surface area contributed by atoms with Gasteiger partial charge in [-0.2, -0.15) is 0 Å². The third-order valence-electron chi connectivity index (χ3n) is 4.82. The van der Waals surface area contributed by atoms with Gasteiger partial charge in [0.25, 0.3) is 0 Å². The molecule has 0 radical (unpaired) electrons. The van der Waals surface area contributed by atoms with E-state index < -0.39 is 0 Å². The van der Waals surface area contributed by atoms with Crippen molar-refractivity contribution in [1.29, 1.82) is 0 Å². The average Bonchev–Trinajstić information content (AvgIpc) is 2.61. The predicted molar refractivity (Wildman–Crippen MR) is 108 cm³/mol. The maximum atomic E-state index is 12.6. The van der Waals surface area contributed by atoms with E-state index in [-0.39, 0.29) is 24.9 Å². The van der Waals surface area contributed by atoms with Crippen LogP contribution in [0.1, 0.15) is 50.7 Å². The molecule has 1 saturated heterocycles. The third kappa shape index (κ3) is 6.04. The van der Waals surface area contributed by atoms with Gasteiger partial charge in [0.1, 0.15) is 0 Å². The number of ether oxygens (including phenoxy) is 1. The summed E-state index contributed by atoms with van der Waals surface area (Å²) in [4.78, 5) is 28.5. The number of morpholine rings is 1. The zero-order valence-corrected chi connectivity index (χ0v) is 17.2. The number of nitrogens with one attached hydrogen (secondary N) is 1. The number of benzene rings is 1. The molecule has 6 nitrogen and oxygen atoms in total. The highest BCUT2D eigenvalue weighted by Gasteiger charge is 2.20. The smallest absolute Gasteiger partial charge is 0.238 e. The van der Waals surface area contributed by atoms with Gasteiger partial charge in [-0.15, -0.1) is 0 Å². The molecule has 1 aliphatic rings. The lowest BCUT2D eigenvalue weighted by Crippen LogP contribution is -2.46. The summed E-state index contributed by atoms with van der Waals surface area (Å²) >= 11 is 0. The number of likely N-dealkylation sites (N-methyl/N-ethyl adjacent to an activating group) is 1. The topological polar surface area (TPSA) is 61.9 Å². The van der Waals surface area contributed by atoms with Crippen LogP contribution in [0.2, 0.25) is 0 Å². The van der Waals surface area contributed by atoms with E-state index in [4.69, 9.17) is 4.74 Å². The van der Waals surface area contributed by atoms with E-state index in [0.717, 1.165) is 16.8 Å². The lowest BCUT2D eigenvalue weighted by molar-refractivity contribution is -0.136. The quantitative estimate of drug-likeness (QED) is 0.796. The fourth-order valence-corrected chi connectivity index (χ4v) is 3.32. The van der Waals surface area contributed by atoms with Crippen molar-refractivity contribution in [2.75, 3.05) is 51.8 Å². The number of hydrogen-bond acceptors (Lipinski definition) is 4. The summed E-state index contributed by atoms with van der Waals surface area (Å²) in [5.74, 6) is 0.584. The number of carbonyl (C=O) groups excluding carboxylic acids is 2. The highest BCUT2D eigenvalue weighted by atomic mass is 16.5. The molecule has 0 atom stereocenters. The number of amides is 2. The molecule has 27 heavy (non-hydrogen) atoms. The Morgan fingerprint density at radius 2 is 1.63 bits per heavy atom. The summed E-state index contributed by atoms with van der Waals surface area (Å²) < 4.78 is 5.28. The van der Waals surface area contributed by atoms with Gasteiger partial charge in [0.2, 0.25) is 11.8 Å². The van der Waals surface area contributed by atoms with Crippen molar-refractivity contribution in [3.05, 3.63) is 29.3 Å². The van der Waals surface area contributed by atoms with Gasteiger partial charge in [-0.05, 0) is 30.0 Å². The monoisotopic (exact) mass is 375 g/mol. The molecule has 1 aromatic rings. The largest absolute Gasteiger partial charge is 0.378 e. The lowest BCUT2D eigenvalue weighted by Gasteiger charge is -2.28. The maximum Gasteiger partial charge on any atom is 0.238 e.